The summed E-state index contributed by atoms with van der Waals surface area (Å²) in [4.78, 5) is 22.7. The van der Waals surface area contributed by atoms with Gasteiger partial charge >= 0.3 is 5.97 Å². The van der Waals surface area contributed by atoms with Gasteiger partial charge in [-0.15, -0.1) is 0 Å². The van der Waals surface area contributed by atoms with E-state index in [1.165, 1.54) is 24.3 Å². The van der Waals surface area contributed by atoms with E-state index in [0.717, 1.165) is 0 Å². The minimum atomic E-state index is -1.17. The highest BCUT2D eigenvalue weighted by atomic mass is 16.6. The SMILES string of the molecule is O=C(O)c1ccc(CNC(=O)c2ccc(Oc3ccccc3)o2)o1. The molecule has 0 aliphatic rings. The molecule has 2 aromatic heterocycles. The number of carbonyl (C=O) groups is 2. The molecule has 0 fully saturated rings. The Morgan fingerprint density at radius 3 is 2.42 bits per heavy atom. The van der Waals surface area contributed by atoms with E-state index in [0.29, 0.717) is 11.5 Å². The summed E-state index contributed by atoms with van der Waals surface area (Å²) in [7, 11) is 0. The largest absolute Gasteiger partial charge is 0.475 e. The highest BCUT2D eigenvalue weighted by Crippen LogP contribution is 2.23. The van der Waals surface area contributed by atoms with Gasteiger partial charge in [0, 0.05) is 6.07 Å². The van der Waals surface area contributed by atoms with E-state index >= 15 is 0 Å². The topological polar surface area (TPSA) is 102 Å². The third-order valence-corrected chi connectivity index (χ3v) is 3.06. The Morgan fingerprint density at radius 1 is 0.958 bits per heavy atom. The van der Waals surface area contributed by atoms with Crippen LogP contribution in [0.1, 0.15) is 26.9 Å². The van der Waals surface area contributed by atoms with Gasteiger partial charge in [-0.05, 0) is 30.3 Å². The lowest BCUT2D eigenvalue weighted by Gasteiger charge is -2.02. The summed E-state index contributed by atoms with van der Waals surface area (Å²) in [6, 6.07) is 14.9. The smallest absolute Gasteiger partial charge is 0.371 e. The second kappa shape index (κ2) is 6.74. The molecule has 2 N–H and O–H groups in total. The average Bonchev–Trinajstić information content (AvgIpc) is 3.23. The van der Waals surface area contributed by atoms with Crippen LogP contribution in [0.25, 0.3) is 0 Å². The van der Waals surface area contributed by atoms with Gasteiger partial charge in [0.25, 0.3) is 11.9 Å². The van der Waals surface area contributed by atoms with Crippen LogP contribution in [0, 0.1) is 0 Å². The second-order valence-electron chi connectivity index (χ2n) is 4.79. The van der Waals surface area contributed by atoms with Gasteiger partial charge in [0.1, 0.15) is 11.5 Å². The zero-order chi connectivity index (χ0) is 16.9. The number of hydrogen-bond donors (Lipinski definition) is 2. The first-order valence-electron chi connectivity index (χ1n) is 7.05. The Hall–Kier alpha value is -3.48. The lowest BCUT2D eigenvalue weighted by molar-refractivity contribution is 0.0660. The fourth-order valence-corrected chi connectivity index (χ4v) is 1.94. The molecule has 0 bridgehead atoms. The van der Waals surface area contributed by atoms with Gasteiger partial charge in [0.2, 0.25) is 5.76 Å². The molecule has 0 unspecified atom stereocenters. The quantitative estimate of drug-likeness (QED) is 0.720. The van der Waals surface area contributed by atoms with Crippen molar-refractivity contribution in [2.24, 2.45) is 0 Å². The molecule has 0 atom stereocenters. The molecule has 1 aromatic carbocycles. The number of carbonyl (C=O) groups excluding carboxylic acids is 1. The average molecular weight is 327 g/mol. The van der Waals surface area contributed by atoms with E-state index in [9.17, 15) is 9.59 Å². The summed E-state index contributed by atoms with van der Waals surface area (Å²) in [6.45, 7) is 0.0433. The van der Waals surface area contributed by atoms with Gasteiger partial charge in [0.15, 0.2) is 5.76 Å². The van der Waals surface area contributed by atoms with Crippen LogP contribution in [0.5, 0.6) is 11.7 Å². The van der Waals surface area contributed by atoms with Gasteiger partial charge in [-0.3, -0.25) is 4.79 Å². The monoisotopic (exact) mass is 327 g/mol. The lowest BCUT2D eigenvalue weighted by atomic mass is 10.3. The maximum Gasteiger partial charge on any atom is 0.371 e. The van der Waals surface area contributed by atoms with E-state index in [1.54, 1.807) is 12.1 Å². The van der Waals surface area contributed by atoms with E-state index in [-0.39, 0.29) is 24.0 Å². The van der Waals surface area contributed by atoms with Crippen LogP contribution in [-0.4, -0.2) is 17.0 Å². The predicted octanol–water partition coefficient (Wildman–Crippen LogP) is 3.29. The number of para-hydroxylation sites is 1. The van der Waals surface area contributed by atoms with Crippen LogP contribution in [0.15, 0.2) is 63.4 Å². The molecule has 1 amide bonds. The van der Waals surface area contributed by atoms with E-state index in [4.69, 9.17) is 18.7 Å². The molecule has 0 radical (unpaired) electrons. The summed E-state index contributed by atoms with van der Waals surface area (Å²) >= 11 is 0. The summed E-state index contributed by atoms with van der Waals surface area (Å²) in [5.41, 5.74) is 0. The number of ether oxygens (including phenoxy) is 1. The third kappa shape index (κ3) is 3.64. The fourth-order valence-electron chi connectivity index (χ4n) is 1.94. The Bertz CT molecular complexity index is 849. The van der Waals surface area contributed by atoms with Gasteiger partial charge in [-0.2, -0.15) is 0 Å². The van der Waals surface area contributed by atoms with Crippen LogP contribution >= 0.6 is 0 Å². The molecule has 3 rings (SSSR count). The summed E-state index contributed by atoms with van der Waals surface area (Å²) in [6.07, 6.45) is 0. The highest BCUT2D eigenvalue weighted by Gasteiger charge is 2.14. The van der Waals surface area contributed by atoms with Crippen molar-refractivity contribution < 1.29 is 28.3 Å². The first-order valence-corrected chi connectivity index (χ1v) is 7.05. The molecular weight excluding hydrogens is 314 g/mol. The zero-order valence-electron chi connectivity index (χ0n) is 12.4. The molecule has 122 valence electrons. The van der Waals surface area contributed by atoms with Gasteiger partial charge in [0.05, 0.1) is 6.54 Å². The summed E-state index contributed by atoms with van der Waals surface area (Å²) < 4.78 is 15.8. The number of aromatic carboxylic acids is 1. The lowest BCUT2D eigenvalue weighted by Crippen LogP contribution is -2.21. The standard InChI is InChI=1S/C17H13NO6/c19-16(18-10-12-6-7-14(22-12)17(20)21)13-8-9-15(24-13)23-11-4-2-1-3-5-11/h1-9H,10H2,(H,18,19)(H,20,21). The Labute approximate surface area is 136 Å². The molecule has 2 heterocycles. The molecule has 0 saturated heterocycles. The first kappa shape index (κ1) is 15.4. The molecule has 0 saturated carbocycles. The van der Waals surface area contributed by atoms with Crippen molar-refractivity contribution in [3.63, 3.8) is 0 Å². The number of amides is 1. The minimum Gasteiger partial charge on any atom is -0.475 e. The maximum atomic E-state index is 12.0. The van der Waals surface area contributed by atoms with Crippen LogP contribution in [-0.2, 0) is 6.54 Å². The minimum absolute atomic E-state index is 0.0433. The zero-order valence-corrected chi connectivity index (χ0v) is 12.4. The number of benzene rings is 1. The Balaban J connectivity index is 1.58. The van der Waals surface area contributed by atoms with Gasteiger partial charge < -0.3 is 24.0 Å². The van der Waals surface area contributed by atoms with Crippen molar-refractivity contribution in [3.8, 4) is 11.7 Å². The number of carboxylic acids is 1. The molecule has 3 aromatic rings. The molecule has 0 spiro atoms. The van der Waals surface area contributed by atoms with Crippen molar-refractivity contribution in [3.05, 3.63) is 71.9 Å². The fraction of sp³-hybridized carbons (Fsp3) is 0.0588. The number of nitrogens with one attached hydrogen (secondary N) is 1. The Kier molecular flexibility index (Phi) is 4.33. The molecule has 0 aliphatic carbocycles. The van der Waals surface area contributed by atoms with Crippen molar-refractivity contribution in [2.45, 2.75) is 6.54 Å². The molecular formula is C17H13NO6. The summed E-state index contributed by atoms with van der Waals surface area (Å²) in [5, 5.41) is 11.3. The molecule has 7 nitrogen and oxygen atoms in total. The molecule has 24 heavy (non-hydrogen) atoms. The van der Waals surface area contributed by atoms with Crippen molar-refractivity contribution in [1.29, 1.82) is 0 Å². The normalized spacial score (nSPS) is 10.3. The van der Waals surface area contributed by atoms with Crippen LogP contribution in [0.4, 0.5) is 0 Å². The molecule has 0 aliphatic heterocycles. The number of carboxylic acid groups (broad SMARTS) is 1. The predicted molar refractivity (Wildman–Crippen MR) is 82.1 cm³/mol. The van der Waals surface area contributed by atoms with Gasteiger partial charge in [-0.25, -0.2) is 4.79 Å². The van der Waals surface area contributed by atoms with E-state index < -0.39 is 11.9 Å². The Morgan fingerprint density at radius 2 is 1.71 bits per heavy atom. The summed E-state index contributed by atoms with van der Waals surface area (Å²) in [5.74, 6) is -0.629. The second-order valence-corrected chi connectivity index (χ2v) is 4.79. The molecule has 7 heteroatoms. The van der Waals surface area contributed by atoms with Crippen molar-refractivity contribution >= 4 is 11.9 Å². The van der Waals surface area contributed by atoms with Crippen LogP contribution in [0.2, 0.25) is 0 Å². The number of rotatable bonds is 6. The highest BCUT2D eigenvalue weighted by molar-refractivity contribution is 5.91. The van der Waals surface area contributed by atoms with Crippen molar-refractivity contribution in [2.75, 3.05) is 0 Å². The van der Waals surface area contributed by atoms with Crippen molar-refractivity contribution in [1.82, 2.24) is 5.32 Å². The first-order chi connectivity index (χ1) is 11.6. The number of hydrogen-bond acceptors (Lipinski definition) is 5. The maximum absolute atomic E-state index is 12.0. The van der Waals surface area contributed by atoms with E-state index in [1.807, 2.05) is 18.2 Å². The number of furan rings is 2. The van der Waals surface area contributed by atoms with Crippen LogP contribution < -0.4 is 10.1 Å². The third-order valence-electron chi connectivity index (χ3n) is 3.06. The van der Waals surface area contributed by atoms with Crippen LogP contribution in [0.3, 0.4) is 0 Å². The van der Waals surface area contributed by atoms with E-state index in [2.05, 4.69) is 5.32 Å². The van der Waals surface area contributed by atoms with Gasteiger partial charge in [-0.1, -0.05) is 18.2 Å².